The molecule has 1 atom stereocenters. The molecule has 1 fully saturated rings. The fraction of sp³-hybridized carbons (Fsp3) is 0.316. The van der Waals surface area contributed by atoms with Crippen LogP contribution >= 0.6 is 0 Å². The predicted molar refractivity (Wildman–Crippen MR) is 183 cm³/mol. The topological polar surface area (TPSA) is 86.8 Å². The number of sulfonamides is 1. The van der Waals surface area contributed by atoms with Gasteiger partial charge in [-0.2, -0.15) is 0 Å². The Morgan fingerprint density at radius 2 is 1.37 bits per heavy atom. The van der Waals surface area contributed by atoms with Crippen molar-refractivity contribution in [1.29, 1.82) is 0 Å². The average Bonchev–Trinajstić information content (AvgIpc) is 3.56. The Balaban J connectivity index is 1.57. The number of anilines is 1. The van der Waals surface area contributed by atoms with Crippen molar-refractivity contribution in [3.05, 3.63) is 131 Å². The molecule has 0 radical (unpaired) electrons. The zero-order chi connectivity index (χ0) is 32.7. The van der Waals surface area contributed by atoms with Gasteiger partial charge in [-0.1, -0.05) is 103 Å². The standard InChI is InChI=1S/C38H43N3O4S/c1-28-17-21-34(22-18-28)41(46(44,45)35-23-19-29(2)20-24-35)27-37(42)40(26-32-14-8-7-11-30(32)3)36(25-31-12-5-4-6-13-31)38(43)39-33-15-9-10-16-33/h4-8,11-14,17-24,33,36H,9-10,15-16,25-27H2,1-3H3,(H,39,43)/t36-/m0/s1. The summed E-state index contributed by atoms with van der Waals surface area (Å²) in [5.41, 5.74) is 5.07. The van der Waals surface area contributed by atoms with E-state index in [0.29, 0.717) is 12.1 Å². The quantitative estimate of drug-likeness (QED) is 0.192. The molecule has 0 aromatic heterocycles. The lowest BCUT2D eigenvalue weighted by molar-refractivity contribution is -0.140. The van der Waals surface area contributed by atoms with Crippen molar-refractivity contribution in [3.63, 3.8) is 0 Å². The number of hydrogen-bond acceptors (Lipinski definition) is 4. The molecule has 4 aromatic rings. The van der Waals surface area contributed by atoms with Crippen molar-refractivity contribution in [2.75, 3.05) is 10.8 Å². The van der Waals surface area contributed by atoms with Gasteiger partial charge < -0.3 is 10.2 Å². The number of carbonyl (C=O) groups is 2. The zero-order valence-corrected chi connectivity index (χ0v) is 27.7. The van der Waals surface area contributed by atoms with E-state index in [1.54, 1.807) is 41.3 Å². The van der Waals surface area contributed by atoms with Crippen molar-refractivity contribution >= 4 is 27.5 Å². The molecule has 1 saturated carbocycles. The number of carbonyl (C=O) groups excluding carboxylic acids is 2. The minimum Gasteiger partial charge on any atom is -0.352 e. The van der Waals surface area contributed by atoms with Gasteiger partial charge in [-0.15, -0.1) is 0 Å². The van der Waals surface area contributed by atoms with E-state index in [0.717, 1.165) is 53.5 Å². The maximum absolute atomic E-state index is 14.7. The number of nitrogens with one attached hydrogen (secondary N) is 1. The summed E-state index contributed by atoms with van der Waals surface area (Å²) in [5, 5.41) is 3.22. The first-order chi connectivity index (χ1) is 22.1. The fourth-order valence-electron chi connectivity index (χ4n) is 5.97. The molecule has 240 valence electrons. The first-order valence-electron chi connectivity index (χ1n) is 16.0. The normalized spacial score (nSPS) is 14.1. The maximum Gasteiger partial charge on any atom is 0.264 e. The van der Waals surface area contributed by atoms with Crippen LogP contribution in [0.2, 0.25) is 0 Å². The summed E-state index contributed by atoms with van der Waals surface area (Å²) in [6.45, 7) is 5.49. The van der Waals surface area contributed by atoms with E-state index < -0.39 is 28.5 Å². The van der Waals surface area contributed by atoms with Crippen LogP contribution in [0.3, 0.4) is 0 Å². The minimum atomic E-state index is -4.13. The summed E-state index contributed by atoms with van der Waals surface area (Å²) < 4.78 is 29.6. The van der Waals surface area contributed by atoms with Gasteiger partial charge in [-0.05, 0) is 74.6 Å². The van der Waals surface area contributed by atoms with Crippen molar-refractivity contribution in [2.24, 2.45) is 0 Å². The van der Waals surface area contributed by atoms with Crippen LogP contribution in [0.4, 0.5) is 5.69 Å². The van der Waals surface area contributed by atoms with Gasteiger partial charge in [0.1, 0.15) is 12.6 Å². The predicted octanol–water partition coefficient (Wildman–Crippen LogP) is 6.51. The third kappa shape index (κ3) is 8.04. The summed E-state index contributed by atoms with van der Waals surface area (Å²) in [6.07, 6.45) is 4.23. The van der Waals surface area contributed by atoms with Crippen molar-refractivity contribution in [2.45, 2.75) is 76.4 Å². The van der Waals surface area contributed by atoms with Gasteiger partial charge in [0.15, 0.2) is 0 Å². The maximum atomic E-state index is 14.7. The second-order valence-corrected chi connectivity index (χ2v) is 14.2. The van der Waals surface area contributed by atoms with Crippen molar-refractivity contribution < 1.29 is 18.0 Å². The van der Waals surface area contributed by atoms with Gasteiger partial charge in [0.25, 0.3) is 10.0 Å². The SMILES string of the molecule is Cc1ccc(N(CC(=O)N(Cc2ccccc2C)[C@@H](Cc2ccccc2)C(=O)NC2CCCC2)S(=O)(=O)c2ccc(C)cc2)cc1. The van der Waals surface area contributed by atoms with Crippen molar-refractivity contribution in [3.8, 4) is 0 Å². The van der Waals surface area contributed by atoms with E-state index in [4.69, 9.17) is 0 Å². The van der Waals surface area contributed by atoms with Crippen LogP contribution in [-0.4, -0.2) is 43.8 Å². The number of rotatable bonds is 12. The number of benzene rings is 4. The number of nitrogens with zero attached hydrogens (tertiary/aromatic N) is 2. The molecule has 2 amide bonds. The molecule has 0 spiro atoms. The number of aryl methyl sites for hydroxylation is 3. The Bertz CT molecular complexity index is 1730. The second kappa shape index (κ2) is 14.8. The largest absolute Gasteiger partial charge is 0.352 e. The molecule has 1 aliphatic carbocycles. The molecule has 46 heavy (non-hydrogen) atoms. The number of amides is 2. The molecule has 5 rings (SSSR count). The molecular weight excluding hydrogens is 595 g/mol. The molecule has 4 aromatic carbocycles. The Labute approximate surface area is 273 Å². The first-order valence-corrected chi connectivity index (χ1v) is 17.4. The first kappa shape index (κ1) is 32.9. The summed E-state index contributed by atoms with van der Waals surface area (Å²) in [4.78, 5) is 30.5. The van der Waals surface area contributed by atoms with Gasteiger partial charge in [-0.25, -0.2) is 8.42 Å². The second-order valence-electron chi connectivity index (χ2n) is 12.3. The molecule has 1 N–H and O–H groups in total. The van der Waals surface area contributed by atoms with Crippen LogP contribution in [0.15, 0.2) is 108 Å². The molecule has 0 saturated heterocycles. The zero-order valence-electron chi connectivity index (χ0n) is 26.9. The van der Waals surface area contributed by atoms with Crippen LogP contribution < -0.4 is 9.62 Å². The van der Waals surface area contributed by atoms with E-state index in [-0.39, 0.29) is 23.4 Å². The highest BCUT2D eigenvalue weighted by Crippen LogP contribution is 2.26. The Hall–Kier alpha value is -4.43. The van der Waals surface area contributed by atoms with E-state index in [1.165, 1.54) is 4.31 Å². The molecule has 0 bridgehead atoms. The van der Waals surface area contributed by atoms with Gasteiger partial charge in [0.05, 0.1) is 10.6 Å². The molecule has 8 heteroatoms. The summed E-state index contributed by atoms with van der Waals surface area (Å²) in [5.74, 6) is -0.678. The lowest BCUT2D eigenvalue weighted by Gasteiger charge is -2.34. The van der Waals surface area contributed by atoms with E-state index >= 15 is 0 Å². The average molecular weight is 638 g/mol. The summed E-state index contributed by atoms with van der Waals surface area (Å²) in [6, 6.07) is 30.4. The third-order valence-corrected chi connectivity index (χ3v) is 10.6. The van der Waals surface area contributed by atoms with Crippen LogP contribution in [0.1, 0.15) is 53.5 Å². The van der Waals surface area contributed by atoms with Crippen LogP contribution in [-0.2, 0) is 32.6 Å². The highest BCUT2D eigenvalue weighted by Gasteiger charge is 2.35. The molecule has 0 aliphatic heterocycles. The highest BCUT2D eigenvalue weighted by molar-refractivity contribution is 7.92. The van der Waals surface area contributed by atoms with Crippen LogP contribution in [0, 0.1) is 20.8 Å². The smallest absolute Gasteiger partial charge is 0.264 e. The lowest BCUT2D eigenvalue weighted by Crippen LogP contribution is -2.54. The van der Waals surface area contributed by atoms with Crippen molar-refractivity contribution in [1.82, 2.24) is 10.2 Å². The summed E-state index contributed by atoms with van der Waals surface area (Å²) in [7, 11) is -4.13. The summed E-state index contributed by atoms with van der Waals surface area (Å²) >= 11 is 0. The van der Waals surface area contributed by atoms with Crippen LogP contribution in [0.25, 0.3) is 0 Å². The molecule has 7 nitrogen and oxygen atoms in total. The Morgan fingerprint density at radius 3 is 2.00 bits per heavy atom. The monoisotopic (exact) mass is 637 g/mol. The minimum absolute atomic E-state index is 0.0622. The van der Waals surface area contributed by atoms with Gasteiger partial charge >= 0.3 is 0 Å². The van der Waals surface area contributed by atoms with Gasteiger partial charge in [-0.3, -0.25) is 13.9 Å². The van der Waals surface area contributed by atoms with Crippen LogP contribution in [0.5, 0.6) is 0 Å². The molecular formula is C38H43N3O4S. The number of hydrogen-bond donors (Lipinski definition) is 1. The Morgan fingerprint density at radius 1 is 0.783 bits per heavy atom. The lowest BCUT2D eigenvalue weighted by atomic mass is 10.0. The van der Waals surface area contributed by atoms with Gasteiger partial charge in [0, 0.05) is 19.0 Å². The molecule has 0 unspecified atom stereocenters. The van der Waals surface area contributed by atoms with E-state index in [9.17, 15) is 18.0 Å². The highest BCUT2D eigenvalue weighted by atomic mass is 32.2. The molecule has 1 aliphatic rings. The third-order valence-electron chi connectivity index (χ3n) is 8.78. The fourth-order valence-corrected chi connectivity index (χ4v) is 7.38. The van der Waals surface area contributed by atoms with Gasteiger partial charge in [0.2, 0.25) is 11.8 Å². The van der Waals surface area contributed by atoms with E-state index in [1.807, 2.05) is 87.5 Å². The Kier molecular flexibility index (Phi) is 10.6. The van der Waals surface area contributed by atoms with E-state index in [2.05, 4.69) is 5.32 Å². The molecule has 0 heterocycles.